The van der Waals surface area contributed by atoms with Crippen LogP contribution in [0.15, 0.2) is 11.4 Å². The molecule has 0 aromatic carbocycles. The second-order valence-corrected chi connectivity index (χ2v) is 6.17. The van der Waals surface area contributed by atoms with Gasteiger partial charge >= 0.3 is 0 Å². The van der Waals surface area contributed by atoms with Crippen LogP contribution in [0.4, 0.5) is 0 Å². The Kier molecular flexibility index (Phi) is 3.57. The summed E-state index contributed by atoms with van der Waals surface area (Å²) in [4.78, 5) is 13.6. The van der Waals surface area contributed by atoms with Crippen LogP contribution in [0, 0.1) is 13.8 Å². The first-order chi connectivity index (χ1) is 9.19. The van der Waals surface area contributed by atoms with E-state index >= 15 is 0 Å². The van der Waals surface area contributed by atoms with Crippen LogP contribution in [0.3, 0.4) is 0 Å². The van der Waals surface area contributed by atoms with Gasteiger partial charge in [-0.05, 0) is 32.8 Å². The topological polar surface area (TPSA) is 50.7 Å². The van der Waals surface area contributed by atoms with Crippen molar-refractivity contribution in [2.24, 2.45) is 0 Å². The molecule has 2 aromatic heterocycles. The van der Waals surface area contributed by atoms with E-state index in [-0.39, 0.29) is 0 Å². The largest absolute Gasteiger partial charge is 0.308 e. The summed E-state index contributed by atoms with van der Waals surface area (Å²) in [6.07, 6.45) is 3.33. The van der Waals surface area contributed by atoms with Crippen LogP contribution in [0.1, 0.15) is 40.8 Å². The molecule has 0 saturated heterocycles. The van der Waals surface area contributed by atoms with Crippen LogP contribution in [-0.4, -0.2) is 21.0 Å². The Morgan fingerprint density at radius 3 is 2.74 bits per heavy atom. The zero-order chi connectivity index (χ0) is 13.2. The summed E-state index contributed by atoms with van der Waals surface area (Å²) >= 11 is 1.68. The second kappa shape index (κ2) is 5.35. The molecule has 1 saturated carbocycles. The zero-order valence-corrected chi connectivity index (χ0v) is 12.1. The maximum Gasteiger partial charge on any atom is 0.134 e. The zero-order valence-electron chi connectivity index (χ0n) is 11.3. The summed E-state index contributed by atoms with van der Waals surface area (Å²) < 4.78 is 0. The van der Waals surface area contributed by atoms with Gasteiger partial charge in [0, 0.05) is 23.7 Å². The van der Waals surface area contributed by atoms with Crippen LogP contribution < -0.4 is 5.32 Å². The van der Waals surface area contributed by atoms with E-state index in [9.17, 15) is 0 Å². The molecule has 100 valence electrons. The number of rotatable bonds is 5. The first-order valence-electron chi connectivity index (χ1n) is 6.67. The predicted molar refractivity (Wildman–Crippen MR) is 76.3 cm³/mol. The fraction of sp³-hybridized carbons (Fsp3) is 0.500. The molecule has 5 heteroatoms. The molecular formula is C14H18N4S. The van der Waals surface area contributed by atoms with Crippen LogP contribution in [0.2, 0.25) is 0 Å². The van der Waals surface area contributed by atoms with Gasteiger partial charge in [0.1, 0.15) is 5.82 Å². The molecule has 1 aliphatic carbocycles. The molecule has 0 unspecified atom stereocenters. The first-order valence-corrected chi connectivity index (χ1v) is 7.55. The third-order valence-electron chi connectivity index (χ3n) is 3.11. The molecule has 3 rings (SSSR count). The van der Waals surface area contributed by atoms with Gasteiger partial charge in [0.15, 0.2) is 0 Å². The number of hydrogen-bond donors (Lipinski definition) is 1. The van der Waals surface area contributed by atoms with Gasteiger partial charge in [0.05, 0.1) is 22.8 Å². The molecule has 2 aromatic rings. The van der Waals surface area contributed by atoms with Gasteiger partial charge in [-0.15, -0.1) is 11.3 Å². The molecule has 0 aliphatic heterocycles. The van der Waals surface area contributed by atoms with Crippen LogP contribution in [0.25, 0.3) is 0 Å². The lowest BCUT2D eigenvalue weighted by atomic mass is 10.2. The van der Waals surface area contributed by atoms with Crippen LogP contribution >= 0.6 is 11.3 Å². The fourth-order valence-corrected chi connectivity index (χ4v) is 2.67. The van der Waals surface area contributed by atoms with Gasteiger partial charge in [-0.1, -0.05) is 0 Å². The molecule has 0 atom stereocenters. The molecule has 0 radical (unpaired) electrons. The highest BCUT2D eigenvalue weighted by Gasteiger charge is 2.20. The summed E-state index contributed by atoms with van der Waals surface area (Å²) in [7, 11) is 0. The van der Waals surface area contributed by atoms with Crippen LogP contribution in [-0.2, 0) is 13.0 Å². The van der Waals surface area contributed by atoms with E-state index in [4.69, 9.17) is 0 Å². The Labute approximate surface area is 117 Å². The van der Waals surface area contributed by atoms with E-state index in [1.54, 1.807) is 11.3 Å². The van der Waals surface area contributed by atoms with Crippen molar-refractivity contribution >= 4 is 11.3 Å². The van der Waals surface area contributed by atoms with Crippen molar-refractivity contribution in [2.75, 3.05) is 0 Å². The van der Waals surface area contributed by atoms with Crippen molar-refractivity contribution in [1.82, 2.24) is 20.3 Å². The highest BCUT2D eigenvalue weighted by Crippen LogP contribution is 2.19. The Bertz CT molecular complexity index is 575. The van der Waals surface area contributed by atoms with Gasteiger partial charge in [-0.25, -0.2) is 15.0 Å². The lowest BCUT2D eigenvalue weighted by Crippen LogP contribution is -2.17. The van der Waals surface area contributed by atoms with Crippen molar-refractivity contribution in [3.63, 3.8) is 0 Å². The van der Waals surface area contributed by atoms with E-state index in [1.807, 2.05) is 13.8 Å². The summed E-state index contributed by atoms with van der Waals surface area (Å²) in [5.74, 6) is 0.873. The predicted octanol–water partition coefficient (Wildman–Crippen LogP) is 2.39. The maximum atomic E-state index is 4.63. The molecule has 1 fully saturated rings. The maximum absolute atomic E-state index is 4.63. The molecule has 1 aliphatic rings. The molecular weight excluding hydrogens is 256 g/mol. The number of aryl methyl sites for hydroxylation is 2. The number of nitrogens with zero attached hydrogens (tertiary/aromatic N) is 3. The van der Waals surface area contributed by atoms with Crippen molar-refractivity contribution in [3.05, 3.63) is 39.4 Å². The van der Waals surface area contributed by atoms with E-state index < -0.39 is 0 Å². The van der Waals surface area contributed by atoms with Crippen molar-refractivity contribution in [1.29, 1.82) is 0 Å². The minimum atomic E-state index is 0.708. The highest BCUT2D eigenvalue weighted by atomic mass is 32.1. The fourth-order valence-electron chi connectivity index (χ4n) is 2.06. The molecule has 2 heterocycles. The third-order valence-corrected chi connectivity index (χ3v) is 3.93. The quantitative estimate of drug-likeness (QED) is 0.909. The van der Waals surface area contributed by atoms with Gasteiger partial charge in [-0.3, -0.25) is 0 Å². The molecule has 19 heavy (non-hydrogen) atoms. The number of hydrogen-bond acceptors (Lipinski definition) is 5. The smallest absolute Gasteiger partial charge is 0.134 e. The first kappa shape index (κ1) is 12.7. The number of thiazole rings is 1. The van der Waals surface area contributed by atoms with Gasteiger partial charge in [0.25, 0.3) is 0 Å². The van der Waals surface area contributed by atoms with E-state index in [1.165, 1.54) is 12.8 Å². The summed E-state index contributed by atoms with van der Waals surface area (Å²) in [6.45, 7) is 4.89. The number of aromatic nitrogens is 3. The summed E-state index contributed by atoms with van der Waals surface area (Å²) in [6, 6.07) is 2.77. The van der Waals surface area contributed by atoms with E-state index in [2.05, 4.69) is 31.7 Å². The molecule has 0 amide bonds. The second-order valence-electron chi connectivity index (χ2n) is 5.11. The Balaban J connectivity index is 1.72. The minimum Gasteiger partial charge on any atom is -0.308 e. The minimum absolute atomic E-state index is 0.708. The average Bonchev–Trinajstić information content (AvgIpc) is 3.10. The average molecular weight is 274 g/mol. The summed E-state index contributed by atoms with van der Waals surface area (Å²) in [5, 5.41) is 6.67. The van der Waals surface area contributed by atoms with Gasteiger partial charge < -0.3 is 5.32 Å². The van der Waals surface area contributed by atoms with Gasteiger partial charge in [0.2, 0.25) is 0 Å². The standard InChI is InChI=1S/C14H18N4S/c1-9-5-12(7-15-11-3-4-11)18-14(16-9)6-13-8-19-10(2)17-13/h5,8,11,15H,3-4,6-7H2,1-2H3. The lowest BCUT2D eigenvalue weighted by Gasteiger charge is -2.06. The Morgan fingerprint density at radius 1 is 1.21 bits per heavy atom. The van der Waals surface area contributed by atoms with E-state index in [0.717, 1.165) is 40.9 Å². The highest BCUT2D eigenvalue weighted by molar-refractivity contribution is 7.09. The van der Waals surface area contributed by atoms with Gasteiger partial charge in [-0.2, -0.15) is 0 Å². The number of nitrogens with one attached hydrogen (secondary N) is 1. The van der Waals surface area contributed by atoms with Crippen molar-refractivity contribution in [3.8, 4) is 0 Å². The van der Waals surface area contributed by atoms with E-state index in [0.29, 0.717) is 6.04 Å². The monoisotopic (exact) mass is 274 g/mol. The van der Waals surface area contributed by atoms with Crippen molar-refractivity contribution in [2.45, 2.75) is 45.7 Å². The Morgan fingerprint density at radius 2 is 2.05 bits per heavy atom. The normalized spacial score (nSPS) is 14.8. The molecule has 4 nitrogen and oxygen atoms in total. The van der Waals surface area contributed by atoms with Crippen molar-refractivity contribution < 1.29 is 0 Å². The third kappa shape index (κ3) is 3.58. The lowest BCUT2D eigenvalue weighted by molar-refractivity contribution is 0.667. The SMILES string of the molecule is Cc1cc(CNC2CC2)nc(Cc2csc(C)n2)n1. The summed E-state index contributed by atoms with van der Waals surface area (Å²) in [5.41, 5.74) is 3.18. The molecule has 1 N–H and O–H groups in total. The molecule has 0 bridgehead atoms. The van der Waals surface area contributed by atoms with Crippen LogP contribution in [0.5, 0.6) is 0 Å². The molecule has 0 spiro atoms. The Hall–Kier alpha value is -1.33.